The standard InChI is InChI=1S/C17H20ClF3N2O4S/c1-3-28(26,27)13(6-11(9-24)10-4-5-10)15(25)16-22-8-12(23(16)2)7-14(18)17(19,20)21/h7-11,13H,3-6H2,1-2H3. The third-order valence-electron chi connectivity index (χ3n) is 4.81. The monoisotopic (exact) mass is 440 g/mol. The van der Waals surface area contributed by atoms with Crippen LogP contribution in [0.1, 0.15) is 42.5 Å². The second-order valence-electron chi connectivity index (χ2n) is 6.73. The van der Waals surface area contributed by atoms with Gasteiger partial charge in [0.1, 0.15) is 16.6 Å². The van der Waals surface area contributed by atoms with E-state index >= 15 is 0 Å². The summed E-state index contributed by atoms with van der Waals surface area (Å²) >= 11 is 5.21. The zero-order chi connectivity index (χ0) is 21.3. The highest BCUT2D eigenvalue weighted by Gasteiger charge is 2.40. The van der Waals surface area contributed by atoms with E-state index in [0.29, 0.717) is 12.4 Å². The average Bonchev–Trinajstić information content (AvgIpc) is 3.39. The second kappa shape index (κ2) is 8.36. The van der Waals surface area contributed by atoms with Crippen molar-refractivity contribution < 1.29 is 31.2 Å². The van der Waals surface area contributed by atoms with Gasteiger partial charge in [0.25, 0.3) is 0 Å². The summed E-state index contributed by atoms with van der Waals surface area (Å²) in [6.07, 6.45) is -1.05. The molecular weight excluding hydrogens is 421 g/mol. The van der Waals surface area contributed by atoms with E-state index in [4.69, 9.17) is 11.6 Å². The Kier molecular flexibility index (Phi) is 6.75. The van der Waals surface area contributed by atoms with Crippen LogP contribution in [0.2, 0.25) is 0 Å². The summed E-state index contributed by atoms with van der Waals surface area (Å²) < 4.78 is 63.9. The van der Waals surface area contributed by atoms with Crippen LogP contribution in [-0.4, -0.2) is 47.2 Å². The smallest absolute Gasteiger partial charge is 0.325 e. The number of ketones is 1. The zero-order valence-electron chi connectivity index (χ0n) is 15.2. The molecule has 1 aromatic heterocycles. The minimum absolute atomic E-state index is 0.0605. The molecule has 2 atom stereocenters. The Labute approximate surface area is 165 Å². The van der Waals surface area contributed by atoms with Gasteiger partial charge in [-0.25, -0.2) is 13.4 Å². The van der Waals surface area contributed by atoms with Crippen molar-refractivity contribution in [3.8, 4) is 0 Å². The number of alkyl halides is 3. The predicted molar refractivity (Wildman–Crippen MR) is 97.6 cm³/mol. The Morgan fingerprint density at radius 2 is 2.04 bits per heavy atom. The fourth-order valence-corrected chi connectivity index (χ4v) is 4.35. The molecule has 1 aliphatic rings. The van der Waals surface area contributed by atoms with E-state index in [2.05, 4.69) is 4.98 Å². The number of carbonyl (C=O) groups is 2. The SMILES string of the molecule is CCS(=O)(=O)C(CC(C=O)C1CC1)C(=O)c1ncc(C=C(Cl)C(F)(F)F)n1C. The number of aromatic nitrogens is 2. The molecule has 2 rings (SSSR count). The second-order valence-corrected chi connectivity index (χ2v) is 9.61. The molecule has 2 unspecified atom stereocenters. The summed E-state index contributed by atoms with van der Waals surface area (Å²) in [6.45, 7) is 1.39. The molecule has 0 aromatic carbocycles. The average molecular weight is 441 g/mol. The van der Waals surface area contributed by atoms with Gasteiger partial charge in [-0.2, -0.15) is 13.2 Å². The number of aldehydes is 1. The molecule has 0 bridgehead atoms. The number of allylic oxidation sites excluding steroid dienone is 1. The fourth-order valence-electron chi connectivity index (χ4n) is 2.89. The van der Waals surface area contributed by atoms with E-state index in [1.54, 1.807) is 0 Å². The third-order valence-corrected chi connectivity index (χ3v) is 7.21. The molecule has 0 aliphatic heterocycles. The Morgan fingerprint density at radius 1 is 1.43 bits per heavy atom. The van der Waals surface area contributed by atoms with Crippen molar-refractivity contribution in [1.82, 2.24) is 9.55 Å². The first-order valence-corrected chi connectivity index (χ1v) is 10.7. The minimum Gasteiger partial charge on any atom is -0.325 e. The normalized spacial score (nSPS) is 18.0. The lowest BCUT2D eigenvalue weighted by atomic mass is 9.97. The van der Waals surface area contributed by atoms with Crippen molar-refractivity contribution in [1.29, 1.82) is 0 Å². The first kappa shape index (κ1) is 22.6. The largest absolute Gasteiger partial charge is 0.427 e. The molecule has 11 heteroatoms. The molecule has 0 spiro atoms. The van der Waals surface area contributed by atoms with Gasteiger partial charge in [0.15, 0.2) is 15.7 Å². The van der Waals surface area contributed by atoms with Crippen LogP contribution >= 0.6 is 11.6 Å². The molecular formula is C17H20ClF3N2O4S. The van der Waals surface area contributed by atoms with Crippen LogP contribution in [0.15, 0.2) is 11.2 Å². The molecule has 0 amide bonds. The summed E-state index contributed by atoms with van der Waals surface area (Å²) in [7, 11) is -2.56. The highest BCUT2D eigenvalue weighted by atomic mass is 35.5. The first-order valence-electron chi connectivity index (χ1n) is 8.59. The number of carbonyl (C=O) groups excluding carboxylic acids is 2. The molecule has 0 saturated heterocycles. The number of halogens is 4. The van der Waals surface area contributed by atoms with Crippen LogP contribution in [-0.2, 0) is 21.7 Å². The summed E-state index contributed by atoms with van der Waals surface area (Å²) in [5.41, 5.74) is -0.104. The van der Waals surface area contributed by atoms with Crippen molar-refractivity contribution in [2.75, 3.05) is 5.75 Å². The lowest BCUT2D eigenvalue weighted by Crippen LogP contribution is -2.36. The van der Waals surface area contributed by atoms with Crippen LogP contribution < -0.4 is 0 Å². The van der Waals surface area contributed by atoms with Gasteiger partial charge in [-0.1, -0.05) is 18.5 Å². The van der Waals surface area contributed by atoms with E-state index in [1.807, 2.05) is 0 Å². The van der Waals surface area contributed by atoms with Crippen molar-refractivity contribution in [3.63, 3.8) is 0 Å². The van der Waals surface area contributed by atoms with Crippen molar-refractivity contribution in [2.45, 2.75) is 37.6 Å². The Balaban J connectivity index is 2.38. The fraction of sp³-hybridized carbons (Fsp3) is 0.588. The predicted octanol–water partition coefficient (Wildman–Crippen LogP) is 3.16. The van der Waals surface area contributed by atoms with Gasteiger partial charge in [0, 0.05) is 18.7 Å². The minimum atomic E-state index is -4.76. The molecule has 6 nitrogen and oxygen atoms in total. The molecule has 1 fully saturated rings. The molecule has 0 radical (unpaired) electrons. The molecule has 156 valence electrons. The number of Topliss-reactive ketones (excluding diaryl/α,β-unsaturated/α-hetero) is 1. The maximum absolute atomic E-state index is 12.9. The maximum atomic E-state index is 12.9. The molecule has 28 heavy (non-hydrogen) atoms. The third kappa shape index (κ3) is 5.02. The van der Waals surface area contributed by atoms with Crippen molar-refractivity contribution in [3.05, 3.63) is 22.7 Å². The van der Waals surface area contributed by atoms with Crippen molar-refractivity contribution >= 4 is 39.6 Å². The van der Waals surface area contributed by atoms with E-state index in [0.717, 1.165) is 23.6 Å². The van der Waals surface area contributed by atoms with Crippen LogP contribution in [0.3, 0.4) is 0 Å². The summed E-state index contributed by atoms with van der Waals surface area (Å²) in [5, 5.41) is -2.88. The summed E-state index contributed by atoms with van der Waals surface area (Å²) in [4.78, 5) is 28.0. The van der Waals surface area contributed by atoms with Gasteiger partial charge in [0.2, 0.25) is 5.78 Å². The quantitative estimate of drug-likeness (QED) is 0.435. The molecule has 1 saturated carbocycles. The Hall–Kier alpha value is -1.68. The highest BCUT2D eigenvalue weighted by Crippen LogP contribution is 2.39. The van der Waals surface area contributed by atoms with Crippen molar-refractivity contribution in [2.24, 2.45) is 18.9 Å². The van der Waals surface area contributed by atoms with Gasteiger partial charge >= 0.3 is 6.18 Å². The van der Waals surface area contributed by atoms with E-state index in [9.17, 15) is 31.2 Å². The topological polar surface area (TPSA) is 86.1 Å². The van der Waals surface area contributed by atoms with Crippen LogP contribution in [0.4, 0.5) is 13.2 Å². The molecule has 1 heterocycles. The first-order chi connectivity index (χ1) is 12.9. The lowest BCUT2D eigenvalue weighted by molar-refractivity contribution is -0.111. The number of imidazole rings is 1. The number of nitrogens with zero attached hydrogens (tertiary/aromatic N) is 2. The summed E-state index contributed by atoms with van der Waals surface area (Å²) in [6, 6.07) is 0. The Morgan fingerprint density at radius 3 is 2.50 bits per heavy atom. The van der Waals surface area contributed by atoms with E-state index in [-0.39, 0.29) is 29.6 Å². The van der Waals surface area contributed by atoms with Gasteiger partial charge in [-0.3, -0.25) is 4.79 Å². The van der Waals surface area contributed by atoms with Crippen LogP contribution in [0.5, 0.6) is 0 Å². The van der Waals surface area contributed by atoms with E-state index in [1.165, 1.54) is 14.0 Å². The van der Waals surface area contributed by atoms with Gasteiger partial charge in [0.05, 0.1) is 11.9 Å². The maximum Gasteiger partial charge on any atom is 0.427 e. The van der Waals surface area contributed by atoms with Gasteiger partial charge < -0.3 is 9.36 Å². The Bertz CT molecular complexity index is 889. The van der Waals surface area contributed by atoms with Gasteiger partial charge in [-0.15, -0.1) is 0 Å². The highest BCUT2D eigenvalue weighted by molar-refractivity contribution is 7.92. The molecule has 0 N–H and O–H groups in total. The summed E-state index contributed by atoms with van der Waals surface area (Å²) in [5.74, 6) is -1.96. The van der Waals surface area contributed by atoms with Gasteiger partial charge in [-0.05, 0) is 31.3 Å². The molecule has 1 aliphatic carbocycles. The number of hydrogen-bond donors (Lipinski definition) is 0. The van der Waals surface area contributed by atoms with Crippen LogP contribution in [0.25, 0.3) is 6.08 Å². The number of sulfone groups is 1. The zero-order valence-corrected chi connectivity index (χ0v) is 16.8. The van der Waals surface area contributed by atoms with E-state index < -0.39 is 38.0 Å². The molecule has 1 aromatic rings. The number of rotatable bonds is 9. The number of hydrogen-bond acceptors (Lipinski definition) is 5. The lowest BCUT2D eigenvalue weighted by Gasteiger charge is -2.19. The van der Waals surface area contributed by atoms with Crippen LogP contribution in [0, 0.1) is 11.8 Å².